The standard InChI is InChI=1S/C15H21N3O4/c1-2-22-15(19)6-7-16-8-10-17(11-9-16)13-4-3-5-14(12-13)18(20)21/h3-5,12H,2,6-11H2,1H3/i6D2,7D2,8D2. The number of carbonyl (C=O) groups excluding carboxylic acids is 1. The van der Waals surface area contributed by atoms with Crippen LogP contribution in [0, 0.1) is 10.1 Å². The van der Waals surface area contributed by atoms with E-state index in [-0.39, 0.29) is 31.9 Å². The number of ether oxygens (including phenoxy) is 1. The average molecular weight is 313 g/mol. The van der Waals surface area contributed by atoms with Crippen LogP contribution in [0.5, 0.6) is 0 Å². The number of nitro groups is 1. The first-order valence-electron chi connectivity index (χ1n) is 9.79. The average Bonchev–Trinajstić information content (AvgIpc) is 2.60. The van der Waals surface area contributed by atoms with Gasteiger partial charge < -0.3 is 9.64 Å². The van der Waals surface area contributed by atoms with Gasteiger partial charge in [0.15, 0.2) is 0 Å². The van der Waals surface area contributed by atoms with Gasteiger partial charge in [-0.3, -0.25) is 19.8 Å². The second-order valence-electron chi connectivity index (χ2n) is 4.47. The zero-order valence-corrected chi connectivity index (χ0v) is 12.1. The highest BCUT2D eigenvalue weighted by molar-refractivity contribution is 5.69. The quantitative estimate of drug-likeness (QED) is 0.452. The summed E-state index contributed by atoms with van der Waals surface area (Å²) in [6, 6.07) is 5.64. The normalized spacial score (nSPS) is 23.2. The second-order valence-corrected chi connectivity index (χ2v) is 4.47. The zero-order chi connectivity index (χ0) is 21.3. The molecule has 2 rings (SSSR count). The molecule has 1 aliphatic rings. The van der Waals surface area contributed by atoms with Gasteiger partial charge in [-0.1, -0.05) is 6.07 Å². The monoisotopic (exact) mass is 313 g/mol. The van der Waals surface area contributed by atoms with Gasteiger partial charge in [0.1, 0.15) is 0 Å². The molecule has 7 heteroatoms. The van der Waals surface area contributed by atoms with Crippen molar-refractivity contribution < 1.29 is 22.7 Å². The topological polar surface area (TPSA) is 75.9 Å². The lowest BCUT2D eigenvalue weighted by molar-refractivity contribution is -0.384. The Bertz CT molecular complexity index is 761. The maximum Gasteiger partial charge on any atom is 0.307 e. The summed E-state index contributed by atoms with van der Waals surface area (Å²) in [6.45, 7) is -4.54. The van der Waals surface area contributed by atoms with E-state index >= 15 is 0 Å². The van der Waals surface area contributed by atoms with Crippen molar-refractivity contribution in [2.75, 3.05) is 44.1 Å². The fourth-order valence-corrected chi connectivity index (χ4v) is 1.95. The van der Waals surface area contributed by atoms with Gasteiger partial charge in [-0.05, 0) is 13.0 Å². The lowest BCUT2D eigenvalue weighted by atomic mass is 10.2. The molecule has 0 spiro atoms. The summed E-state index contributed by atoms with van der Waals surface area (Å²) in [4.78, 5) is 24.4. The second kappa shape index (κ2) is 7.74. The Labute approximate surface area is 138 Å². The van der Waals surface area contributed by atoms with Crippen molar-refractivity contribution >= 4 is 17.3 Å². The first-order chi connectivity index (χ1) is 12.8. The van der Waals surface area contributed by atoms with Crippen LogP contribution < -0.4 is 4.90 Å². The molecule has 0 bridgehead atoms. The van der Waals surface area contributed by atoms with Crippen LogP contribution >= 0.6 is 0 Å². The Morgan fingerprint density at radius 3 is 3.00 bits per heavy atom. The number of nitro benzene ring substituents is 1. The van der Waals surface area contributed by atoms with Gasteiger partial charge in [-0.2, -0.15) is 0 Å². The summed E-state index contributed by atoms with van der Waals surface area (Å²) >= 11 is 0. The molecule has 120 valence electrons. The number of piperazine rings is 1. The number of hydrogen-bond acceptors (Lipinski definition) is 6. The van der Waals surface area contributed by atoms with Crippen LogP contribution in [-0.4, -0.2) is 55.0 Å². The molecule has 1 heterocycles. The van der Waals surface area contributed by atoms with Gasteiger partial charge in [0.05, 0.1) is 17.9 Å². The van der Waals surface area contributed by atoms with E-state index in [1.807, 2.05) is 0 Å². The van der Waals surface area contributed by atoms with Crippen molar-refractivity contribution in [2.24, 2.45) is 0 Å². The molecule has 0 amide bonds. The van der Waals surface area contributed by atoms with E-state index in [1.54, 1.807) is 6.07 Å². The Kier molecular flexibility index (Phi) is 3.44. The van der Waals surface area contributed by atoms with Gasteiger partial charge in [0.2, 0.25) is 0 Å². The van der Waals surface area contributed by atoms with Crippen LogP contribution in [-0.2, 0) is 9.53 Å². The molecular formula is C15H21N3O4. The van der Waals surface area contributed by atoms with Crippen LogP contribution in [0.3, 0.4) is 0 Å². The van der Waals surface area contributed by atoms with Gasteiger partial charge in [-0.15, -0.1) is 0 Å². The fourth-order valence-electron chi connectivity index (χ4n) is 1.95. The van der Waals surface area contributed by atoms with Crippen molar-refractivity contribution in [3.8, 4) is 0 Å². The van der Waals surface area contributed by atoms with Crippen molar-refractivity contribution in [3.63, 3.8) is 0 Å². The molecule has 0 atom stereocenters. The number of rotatable bonds is 6. The molecule has 1 fully saturated rings. The number of non-ortho nitro benzene ring substituents is 1. The van der Waals surface area contributed by atoms with Crippen LogP contribution in [0.4, 0.5) is 11.4 Å². The molecule has 0 saturated carbocycles. The van der Waals surface area contributed by atoms with Gasteiger partial charge >= 0.3 is 5.97 Å². The van der Waals surface area contributed by atoms with E-state index in [4.69, 9.17) is 8.22 Å². The SMILES string of the molecule is [2H]C1([2H])CN(c2cccc([N+](=O)[O-])c2)CCN1C([2H])([2H])C([2H])([2H])C(=O)OCC. The highest BCUT2D eigenvalue weighted by atomic mass is 16.6. The van der Waals surface area contributed by atoms with Gasteiger partial charge in [0.25, 0.3) is 5.69 Å². The number of carbonyl (C=O) groups is 1. The van der Waals surface area contributed by atoms with Crippen LogP contribution in [0.2, 0.25) is 0 Å². The lowest BCUT2D eigenvalue weighted by Gasteiger charge is -2.35. The number of benzene rings is 1. The third kappa shape index (κ3) is 4.42. The molecule has 0 aliphatic carbocycles. The van der Waals surface area contributed by atoms with Crippen LogP contribution in [0.15, 0.2) is 24.3 Å². The minimum atomic E-state index is -3.09. The lowest BCUT2D eigenvalue weighted by Crippen LogP contribution is -2.47. The smallest absolute Gasteiger partial charge is 0.307 e. The third-order valence-corrected chi connectivity index (χ3v) is 3.02. The summed E-state index contributed by atoms with van der Waals surface area (Å²) in [6.07, 6.45) is -3.09. The van der Waals surface area contributed by atoms with Crippen LogP contribution in [0.1, 0.15) is 21.5 Å². The third-order valence-electron chi connectivity index (χ3n) is 3.02. The fraction of sp³-hybridized carbons (Fsp3) is 0.533. The molecule has 1 aromatic carbocycles. The minimum Gasteiger partial charge on any atom is -0.466 e. The molecule has 1 aromatic rings. The van der Waals surface area contributed by atoms with Crippen LogP contribution in [0.25, 0.3) is 0 Å². The first-order valence-corrected chi connectivity index (χ1v) is 6.79. The number of anilines is 1. The zero-order valence-electron chi connectivity index (χ0n) is 18.1. The van der Waals surface area contributed by atoms with E-state index in [2.05, 4.69) is 4.74 Å². The molecule has 1 saturated heterocycles. The summed E-state index contributed by atoms with van der Waals surface area (Å²) < 4.78 is 53.0. The van der Waals surface area contributed by atoms with Crippen molar-refractivity contribution in [2.45, 2.75) is 13.3 Å². The van der Waals surface area contributed by atoms with Crippen molar-refractivity contribution in [3.05, 3.63) is 34.4 Å². The predicted molar refractivity (Wildman–Crippen MR) is 83.0 cm³/mol. The molecule has 7 nitrogen and oxygen atoms in total. The van der Waals surface area contributed by atoms with E-state index in [1.165, 1.54) is 30.0 Å². The molecule has 0 N–H and O–H groups in total. The Morgan fingerprint density at radius 1 is 1.50 bits per heavy atom. The highest BCUT2D eigenvalue weighted by Gasteiger charge is 2.19. The predicted octanol–water partition coefficient (Wildman–Crippen LogP) is 1.67. The maximum atomic E-state index is 11.9. The summed E-state index contributed by atoms with van der Waals surface area (Å²) in [5.74, 6) is -1.41. The minimum absolute atomic E-state index is 0.0824. The maximum absolute atomic E-state index is 11.9. The molecule has 0 unspecified atom stereocenters. The summed E-state index contributed by atoms with van der Waals surface area (Å²) in [7, 11) is 0. The number of nitrogens with zero attached hydrogens (tertiary/aromatic N) is 3. The molecule has 0 aromatic heterocycles. The van der Waals surface area contributed by atoms with E-state index in [0.717, 1.165) is 0 Å². The van der Waals surface area contributed by atoms with E-state index < -0.39 is 30.3 Å². The summed E-state index contributed by atoms with van der Waals surface area (Å²) in [5, 5.41) is 10.9. The molecule has 0 radical (unpaired) electrons. The van der Waals surface area contributed by atoms with E-state index in [9.17, 15) is 14.9 Å². The van der Waals surface area contributed by atoms with Gasteiger partial charge in [0, 0.05) is 58.7 Å². The first kappa shape index (κ1) is 9.78. The summed E-state index contributed by atoms with van der Waals surface area (Å²) in [5.41, 5.74) is 0.237. The van der Waals surface area contributed by atoms with Gasteiger partial charge in [-0.25, -0.2) is 0 Å². The highest BCUT2D eigenvalue weighted by Crippen LogP contribution is 2.22. The number of esters is 1. The Hall–Kier alpha value is -2.15. The van der Waals surface area contributed by atoms with E-state index in [0.29, 0.717) is 10.6 Å². The Morgan fingerprint density at radius 2 is 2.32 bits per heavy atom. The molecular weight excluding hydrogens is 286 g/mol. The van der Waals surface area contributed by atoms with Crippen molar-refractivity contribution in [1.82, 2.24) is 4.90 Å². The molecule has 22 heavy (non-hydrogen) atoms. The Balaban J connectivity index is 2.27. The molecule has 1 aliphatic heterocycles. The van der Waals surface area contributed by atoms with Crippen molar-refractivity contribution in [1.29, 1.82) is 0 Å². The number of hydrogen-bond donors (Lipinski definition) is 0. The largest absolute Gasteiger partial charge is 0.466 e.